The SMILES string of the molecule is CCc1ccc(C(NC(=O)Cn2cc([N+](=O)[O-])ccc2=O)c2cccs2)cc1. The van der Waals surface area contributed by atoms with Crippen LogP contribution in [0.4, 0.5) is 5.69 Å². The van der Waals surface area contributed by atoms with E-state index >= 15 is 0 Å². The molecule has 1 unspecified atom stereocenters. The molecule has 0 aliphatic carbocycles. The summed E-state index contributed by atoms with van der Waals surface area (Å²) in [6.45, 7) is 1.78. The van der Waals surface area contributed by atoms with Crippen molar-refractivity contribution in [1.29, 1.82) is 0 Å². The van der Waals surface area contributed by atoms with Crippen LogP contribution in [0.15, 0.2) is 64.9 Å². The van der Waals surface area contributed by atoms with Crippen LogP contribution in [0.5, 0.6) is 0 Å². The molecule has 8 heteroatoms. The number of nitro groups is 1. The summed E-state index contributed by atoms with van der Waals surface area (Å²) in [5.41, 5.74) is 1.42. The minimum Gasteiger partial charge on any atom is -0.343 e. The van der Waals surface area contributed by atoms with Crippen LogP contribution in [0, 0.1) is 10.1 Å². The highest BCUT2D eigenvalue weighted by atomic mass is 32.1. The van der Waals surface area contributed by atoms with Crippen LogP contribution in [0.1, 0.15) is 29.0 Å². The topological polar surface area (TPSA) is 94.2 Å². The lowest BCUT2D eigenvalue weighted by molar-refractivity contribution is -0.385. The van der Waals surface area contributed by atoms with Crippen LogP contribution in [0.3, 0.4) is 0 Å². The molecule has 144 valence electrons. The Labute approximate surface area is 165 Å². The maximum atomic E-state index is 12.6. The third-order valence-corrected chi connectivity index (χ3v) is 5.28. The molecule has 1 amide bonds. The number of aromatic nitrogens is 1. The molecule has 0 radical (unpaired) electrons. The van der Waals surface area contributed by atoms with Crippen LogP contribution in [0.2, 0.25) is 0 Å². The van der Waals surface area contributed by atoms with Gasteiger partial charge in [-0.3, -0.25) is 24.3 Å². The molecule has 7 nitrogen and oxygen atoms in total. The van der Waals surface area contributed by atoms with Crippen molar-refractivity contribution in [3.8, 4) is 0 Å². The standard InChI is InChI=1S/C20H19N3O4S/c1-2-14-5-7-15(8-6-14)20(17-4-3-11-28-17)21-18(24)13-22-12-16(23(26)27)9-10-19(22)25/h3-12,20H,2,13H2,1H3,(H,21,24). The van der Waals surface area contributed by atoms with Crippen molar-refractivity contribution in [1.82, 2.24) is 9.88 Å². The second-order valence-corrected chi connectivity index (χ2v) is 7.20. The van der Waals surface area contributed by atoms with Crippen LogP contribution in [-0.4, -0.2) is 15.4 Å². The van der Waals surface area contributed by atoms with Gasteiger partial charge in [-0.1, -0.05) is 37.3 Å². The van der Waals surface area contributed by atoms with Crippen LogP contribution >= 0.6 is 11.3 Å². The van der Waals surface area contributed by atoms with Gasteiger partial charge in [0, 0.05) is 17.0 Å². The van der Waals surface area contributed by atoms with E-state index < -0.39 is 16.4 Å². The molecule has 0 fully saturated rings. The van der Waals surface area contributed by atoms with Gasteiger partial charge >= 0.3 is 0 Å². The molecule has 28 heavy (non-hydrogen) atoms. The zero-order valence-electron chi connectivity index (χ0n) is 15.2. The summed E-state index contributed by atoms with van der Waals surface area (Å²) in [7, 11) is 0. The van der Waals surface area contributed by atoms with Crippen molar-refractivity contribution in [3.63, 3.8) is 0 Å². The molecule has 2 aromatic heterocycles. The Hall–Kier alpha value is -3.26. The first-order valence-corrected chi connectivity index (χ1v) is 9.62. The number of nitrogens with zero attached hydrogens (tertiary/aromatic N) is 2. The molecule has 0 bridgehead atoms. The molecular formula is C20H19N3O4S. The predicted octanol–water partition coefficient (Wildman–Crippen LogP) is 3.29. The highest BCUT2D eigenvalue weighted by Gasteiger charge is 2.19. The number of benzene rings is 1. The molecule has 1 aromatic carbocycles. The van der Waals surface area contributed by atoms with E-state index in [0.717, 1.165) is 39.8 Å². The Morgan fingerprint density at radius 1 is 1.21 bits per heavy atom. The fourth-order valence-corrected chi connectivity index (χ4v) is 3.63. The molecule has 1 atom stereocenters. The summed E-state index contributed by atoms with van der Waals surface area (Å²) in [6, 6.07) is 13.7. The lowest BCUT2D eigenvalue weighted by Crippen LogP contribution is -2.34. The van der Waals surface area contributed by atoms with Gasteiger partial charge in [-0.2, -0.15) is 0 Å². The van der Waals surface area contributed by atoms with Gasteiger partial charge in [-0.25, -0.2) is 0 Å². The highest BCUT2D eigenvalue weighted by molar-refractivity contribution is 7.10. The molecule has 0 saturated carbocycles. The number of carbonyl (C=O) groups excluding carboxylic acids is 1. The first kappa shape index (κ1) is 19.5. The summed E-state index contributed by atoms with van der Waals surface area (Å²) in [5, 5.41) is 15.8. The lowest BCUT2D eigenvalue weighted by Gasteiger charge is -2.19. The average molecular weight is 397 g/mol. The molecule has 3 rings (SSSR count). The number of aryl methyl sites for hydroxylation is 1. The van der Waals surface area contributed by atoms with Gasteiger partial charge in [0.15, 0.2) is 0 Å². The largest absolute Gasteiger partial charge is 0.343 e. The van der Waals surface area contributed by atoms with Crippen LogP contribution < -0.4 is 10.9 Å². The number of carbonyl (C=O) groups is 1. The van der Waals surface area contributed by atoms with E-state index in [4.69, 9.17) is 0 Å². The smallest absolute Gasteiger partial charge is 0.285 e. The Morgan fingerprint density at radius 3 is 2.57 bits per heavy atom. The van der Waals surface area contributed by atoms with Crippen molar-refractivity contribution >= 4 is 22.9 Å². The van der Waals surface area contributed by atoms with E-state index in [2.05, 4.69) is 12.2 Å². The molecule has 0 spiro atoms. The second kappa shape index (κ2) is 8.62. The number of amides is 1. The zero-order chi connectivity index (χ0) is 20.1. The summed E-state index contributed by atoms with van der Waals surface area (Å²) in [4.78, 5) is 35.8. The van der Waals surface area contributed by atoms with E-state index in [1.807, 2.05) is 41.8 Å². The van der Waals surface area contributed by atoms with Crippen molar-refractivity contribution in [2.75, 3.05) is 0 Å². The van der Waals surface area contributed by atoms with E-state index in [-0.39, 0.29) is 18.3 Å². The Bertz CT molecular complexity index is 1030. The highest BCUT2D eigenvalue weighted by Crippen LogP contribution is 2.26. The molecule has 2 heterocycles. The van der Waals surface area contributed by atoms with Gasteiger partial charge in [-0.05, 0) is 29.0 Å². The average Bonchev–Trinajstić information content (AvgIpc) is 3.22. The number of rotatable bonds is 7. The van der Waals surface area contributed by atoms with Gasteiger partial charge in [0.25, 0.3) is 11.2 Å². The predicted molar refractivity (Wildman–Crippen MR) is 107 cm³/mol. The van der Waals surface area contributed by atoms with Gasteiger partial charge in [0.05, 0.1) is 17.2 Å². The van der Waals surface area contributed by atoms with E-state index in [9.17, 15) is 19.7 Å². The number of nitrogens with one attached hydrogen (secondary N) is 1. The maximum absolute atomic E-state index is 12.6. The number of hydrogen-bond donors (Lipinski definition) is 1. The fourth-order valence-electron chi connectivity index (χ4n) is 2.83. The van der Waals surface area contributed by atoms with Crippen molar-refractivity contribution in [2.45, 2.75) is 25.9 Å². The third-order valence-electron chi connectivity index (χ3n) is 4.35. The van der Waals surface area contributed by atoms with E-state index in [1.54, 1.807) is 0 Å². The van der Waals surface area contributed by atoms with Gasteiger partial charge in [0.1, 0.15) is 6.54 Å². The molecule has 3 aromatic rings. The first-order valence-electron chi connectivity index (χ1n) is 8.74. The number of thiophene rings is 1. The van der Waals surface area contributed by atoms with E-state index in [1.165, 1.54) is 16.9 Å². The molecule has 0 saturated heterocycles. The minimum absolute atomic E-state index is 0.239. The van der Waals surface area contributed by atoms with Gasteiger partial charge in [0.2, 0.25) is 5.91 Å². The second-order valence-electron chi connectivity index (χ2n) is 6.22. The van der Waals surface area contributed by atoms with Crippen LogP contribution in [-0.2, 0) is 17.8 Å². The molecule has 1 N–H and O–H groups in total. The molecule has 0 aliphatic heterocycles. The van der Waals surface area contributed by atoms with E-state index in [0.29, 0.717) is 0 Å². The lowest BCUT2D eigenvalue weighted by atomic mass is 10.0. The minimum atomic E-state index is -0.600. The fraction of sp³-hybridized carbons (Fsp3) is 0.200. The summed E-state index contributed by atoms with van der Waals surface area (Å²) < 4.78 is 1.04. The van der Waals surface area contributed by atoms with Crippen molar-refractivity contribution in [2.24, 2.45) is 0 Å². The van der Waals surface area contributed by atoms with Crippen LogP contribution in [0.25, 0.3) is 0 Å². The maximum Gasteiger partial charge on any atom is 0.285 e. The summed E-state index contributed by atoms with van der Waals surface area (Å²) in [6.07, 6.45) is 2.00. The number of pyridine rings is 1. The molecule has 0 aliphatic rings. The van der Waals surface area contributed by atoms with Gasteiger partial charge in [-0.15, -0.1) is 11.3 Å². The normalized spacial score (nSPS) is 11.8. The monoisotopic (exact) mass is 397 g/mol. The number of hydrogen-bond acceptors (Lipinski definition) is 5. The van der Waals surface area contributed by atoms with Crippen molar-refractivity contribution < 1.29 is 9.72 Å². The third kappa shape index (κ3) is 4.52. The zero-order valence-corrected chi connectivity index (χ0v) is 16.0. The Kier molecular flexibility index (Phi) is 6.00. The first-order chi connectivity index (χ1) is 13.5. The van der Waals surface area contributed by atoms with Crippen molar-refractivity contribution in [3.05, 3.63) is 96.6 Å². The summed E-state index contributed by atoms with van der Waals surface area (Å²) >= 11 is 1.52. The molecular weight excluding hydrogens is 378 g/mol. The Balaban J connectivity index is 1.83. The summed E-state index contributed by atoms with van der Waals surface area (Å²) in [5.74, 6) is -0.402. The Morgan fingerprint density at radius 2 is 1.96 bits per heavy atom. The van der Waals surface area contributed by atoms with Gasteiger partial charge < -0.3 is 5.32 Å². The quantitative estimate of drug-likeness (QED) is 0.489.